The lowest BCUT2D eigenvalue weighted by molar-refractivity contribution is -0.120. The first-order valence-electron chi connectivity index (χ1n) is 8.68. The molecule has 1 amide bonds. The van der Waals surface area contributed by atoms with Crippen LogP contribution in [0.4, 0.5) is 5.69 Å². The third kappa shape index (κ3) is 4.20. The number of morpholine rings is 1. The molecule has 138 valence electrons. The van der Waals surface area contributed by atoms with E-state index in [1.165, 1.54) is 8.61 Å². The van der Waals surface area contributed by atoms with Crippen LogP contribution in [-0.2, 0) is 19.7 Å². The SMILES string of the molecule is Cc1ccccc1NC(=O)C1CCCN(S(=O)(=O)N2CCOCC2)C1. The summed E-state index contributed by atoms with van der Waals surface area (Å²) >= 11 is 0. The third-order valence-corrected chi connectivity index (χ3v) is 6.78. The molecule has 25 heavy (non-hydrogen) atoms. The summed E-state index contributed by atoms with van der Waals surface area (Å²) in [4.78, 5) is 12.6. The molecule has 7 nitrogen and oxygen atoms in total. The van der Waals surface area contributed by atoms with Crippen molar-refractivity contribution < 1.29 is 17.9 Å². The lowest BCUT2D eigenvalue weighted by Gasteiger charge is -2.36. The largest absolute Gasteiger partial charge is 0.379 e. The highest BCUT2D eigenvalue weighted by atomic mass is 32.2. The highest BCUT2D eigenvalue weighted by Gasteiger charge is 2.36. The van der Waals surface area contributed by atoms with Crippen molar-refractivity contribution in [2.75, 3.05) is 44.7 Å². The van der Waals surface area contributed by atoms with Crippen LogP contribution in [0, 0.1) is 12.8 Å². The van der Waals surface area contributed by atoms with Gasteiger partial charge in [-0.15, -0.1) is 0 Å². The number of hydrogen-bond acceptors (Lipinski definition) is 4. The van der Waals surface area contributed by atoms with Gasteiger partial charge in [-0.3, -0.25) is 4.79 Å². The summed E-state index contributed by atoms with van der Waals surface area (Å²) in [5, 5.41) is 2.94. The Labute approximate surface area is 149 Å². The summed E-state index contributed by atoms with van der Waals surface area (Å²) in [6, 6.07) is 7.59. The van der Waals surface area contributed by atoms with Crippen LogP contribution in [0.2, 0.25) is 0 Å². The molecule has 2 fully saturated rings. The first-order chi connectivity index (χ1) is 12.0. The van der Waals surface area contributed by atoms with E-state index in [1.54, 1.807) is 0 Å². The van der Waals surface area contributed by atoms with Gasteiger partial charge in [0.15, 0.2) is 0 Å². The maximum Gasteiger partial charge on any atom is 0.282 e. The molecule has 1 aromatic rings. The number of anilines is 1. The predicted octanol–water partition coefficient (Wildman–Crippen LogP) is 1.22. The zero-order valence-corrected chi connectivity index (χ0v) is 15.3. The molecule has 0 radical (unpaired) electrons. The summed E-state index contributed by atoms with van der Waals surface area (Å²) in [7, 11) is -3.53. The Morgan fingerprint density at radius 3 is 2.60 bits per heavy atom. The number of carbonyl (C=O) groups excluding carboxylic acids is 1. The number of carbonyl (C=O) groups is 1. The van der Waals surface area contributed by atoms with Crippen molar-refractivity contribution in [2.45, 2.75) is 19.8 Å². The zero-order chi connectivity index (χ0) is 17.9. The molecule has 1 unspecified atom stereocenters. The second-order valence-corrected chi connectivity index (χ2v) is 8.45. The van der Waals surface area contributed by atoms with E-state index < -0.39 is 10.2 Å². The molecule has 0 bridgehead atoms. The molecule has 3 rings (SSSR count). The maximum absolute atomic E-state index is 12.8. The number of aryl methyl sites for hydroxylation is 1. The van der Waals surface area contributed by atoms with E-state index in [-0.39, 0.29) is 18.4 Å². The fraction of sp³-hybridized carbons (Fsp3) is 0.588. The highest BCUT2D eigenvalue weighted by molar-refractivity contribution is 7.86. The Hall–Kier alpha value is -1.48. The molecule has 0 spiro atoms. The molecule has 1 aromatic carbocycles. The van der Waals surface area contributed by atoms with E-state index in [4.69, 9.17) is 4.74 Å². The summed E-state index contributed by atoms with van der Waals surface area (Å²) in [5.74, 6) is -0.444. The van der Waals surface area contributed by atoms with Gasteiger partial charge < -0.3 is 10.1 Å². The van der Waals surface area contributed by atoms with Crippen molar-refractivity contribution in [1.29, 1.82) is 0 Å². The van der Waals surface area contributed by atoms with Gasteiger partial charge in [0.05, 0.1) is 19.1 Å². The molecule has 0 aromatic heterocycles. The average Bonchev–Trinajstić information content (AvgIpc) is 2.64. The zero-order valence-electron chi connectivity index (χ0n) is 14.5. The molecular formula is C17H25N3O4S. The quantitative estimate of drug-likeness (QED) is 0.868. The molecule has 2 saturated heterocycles. The van der Waals surface area contributed by atoms with Crippen molar-refractivity contribution in [3.05, 3.63) is 29.8 Å². The Morgan fingerprint density at radius 1 is 1.16 bits per heavy atom. The van der Waals surface area contributed by atoms with Crippen LogP contribution in [0.3, 0.4) is 0 Å². The van der Waals surface area contributed by atoms with Crippen LogP contribution in [-0.4, -0.2) is 62.3 Å². The number of para-hydroxylation sites is 1. The second kappa shape index (κ2) is 7.82. The maximum atomic E-state index is 12.8. The highest BCUT2D eigenvalue weighted by Crippen LogP contribution is 2.24. The van der Waals surface area contributed by atoms with Gasteiger partial charge in [-0.2, -0.15) is 17.0 Å². The fourth-order valence-electron chi connectivity index (χ4n) is 3.25. The molecule has 0 aliphatic carbocycles. The minimum Gasteiger partial charge on any atom is -0.379 e. The number of rotatable bonds is 4. The van der Waals surface area contributed by atoms with Crippen molar-refractivity contribution in [1.82, 2.24) is 8.61 Å². The van der Waals surface area contributed by atoms with Crippen molar-refractivity contribution >= 4 is 21.8 Å². The molecule has 1 atom stereocenters. The standard InChI is InChI=1S/C17H25N3O4S/c1-14-5-2-3-7-16(14)18-17(21)15-6-4-8-20(13-15)25(22,23)19-9-11-24-12-10-19/h2-3,5,7,15H,4,6,8-13H2,1H3,(H,18,21). The van der Waals surface area contributed by atoms with Crippen molar-refractivity contribution in [3.63, 3.8) is 0 Å². The number of amides is 1. The van der Waals surface area contributed by atoms with Crippen LogP contribution >= 0.6 is 0 Å². The van der Waals surface area contributed by atoms with E-state index in [0.717, 1.165) is 11.3 Å². The molecular weight excluding hydrogens is 342 g/mol. The van der Waals surface area contributed by atoms with Gasteiger partial charge in [-0.1, -0.05) is 18.2 Å². The minimum absolute atomic E-state index is 0.115. The van der Waals surface area contributed by atoms with Gasteiger partial charge in [-0.05, 0) is 31.4 Å². The minimum atomic E-state index is -3.53. The van der Waals surface area contributed by atoms with E-state index in [1.807, 2.05) is 31.2 Å². The fourth-order valence-corrected chi connectivity index (χ4v) is 4.92. The summed E-state index contributed by atoms with van der Waals surface area (Å²) in [6.45, 7) is 4.23. The number of ether oxygens (including phenoxy) is 1. The predicted molar refractivity (Wildman–Crippen MR) is 95.4 cm³/mol. The van der Waals surface area contributed by atoms with Crippen LogP contribution in [0.25, 0.3) is 0 Å². The number of piperidine rings is 1. The Morgan fingerprint density at radius 2 is 1.88 bits per heavy atom. The topological polar surface area (TPSA) is 79.0 Å². The van der Waals surface area contributed by atoms with Crippen molar-refractivity contribution in [2.24, 2.45) is 5.92 Å². The number of nitrogens with zero attached hydrogens (tertiary/aromatic N) is 2. The van der Waals surface area contributed by atoms with Crippen LogP contribution in [0.15, 0.2) is 24.3 Å². The Bertz CT molecular complexity index is 716. The van der Waals surface area contributed by atoms with Gasteiger partial charge in [0.25, 0.3) is 10.2 Å². The molecule has 0 saturated carbocycles. The van der Waals surface area contributed by atoms with Gasteiger partial charge in [0.1, 0.15) is 0 Å². The first-order valence-corrected chi connectivity index (χ1v) is 10.1. The van der Waals surface area contributed by atoms with E-state index in [0.29, 0.717) is 45.7 Å². The summed E-state index contributed by atoms with van der Waals surface area (Å²) < 4.78 is 33.7. The Balaban J connectivity index is 1.66. The summed E-state index contributed by atoms with van der Waals surface area (Å²) in [6.07, 6.45) is 1.39. The average molecular weight is 367 g/mol. The van der Waals surface area contributed by atoms with Gasteiger partial charge >= 0.3 is 0 Å². The van der Waals surface area contributed by atoms with Crippen LogP contribution in [0.1, 0.15) is 18.4 Å². The monoisotopic (exact) mass is 367 g/mol. The number of nitrogens with one attached hydrogen (secondary N) is 1. The van der Waals surface area contributed by atoms with Crippen molar-refractivity contribution in [3.8, 4) is 0 Å². The van der Waals surface area contributed by atoms with E-state index in [2.05, 4.69) is 5.32 Å². The Kier molecular flexibility index (Phi) is 5.73. The molecule has 8 heteroatoms. The van der Waals surface area contributed by atoms with Crippen LogP contribution < -0.4 is 5.32 Å². The number of hydrogen-bond donors (Lipinski definition) is 1. The number of benzene rings is 1. The lowest BCUT2D eigenvalue weighted by Crippen LogP contribution is -2.52. The molecule has 1 N–H and O–H groups in total. The van der Waals surface area contributed by atoms with E-state index >= 15 is 0 Å². The van der Waals surface area contributed by atoms with E-state index in [9.17, 15) is 13.2 Å². The molecule has 2 heterocycles. The van der Waals surface area contributed by atoms with Gasteiger partial charge in [0.2, 0.25) is 5.91 Å². The molecule has 2 aliphatic heterocycles. The smallest absolute Gasteiger partial charge is 0.282 e. The van der Waals surface area contributed by atoms with Crippen LogP contribution in [0.5, 0.6) is 0 Å². The van der Waals surface area contributed by atoms with Gasteiger partial charge in [-0.25, -0.2) is 0 Å². The molecule has 2 aliphatic rings. The lowest BCUT2D eigenvalue weighted by atomic mass is 9.98. The summed E-state index contributed by atoms with van der Waals surface area (Å²) in [5.41, 5.74) is 1.77. The third-order valence-electron chi connectivity index (χ3n) is 4.78. The van der Waals surface area contributed by atoms with Gasteiger partial charge in [0, 0.05) is 31.9 Å². The first kappa shape index (κ1) is 18.3. The second-order valence-electron chi connectivity index (χ2n) is 6.52. The normalized spacial score (nSPS) is 23.3.